The molecule has 2 N–H and O–H groups in total. The molecular weight excluding hydrogens is 805 g/mol. The van der Waals surface area contributed by atoms with Crippen molar-refractivity contribution in [1.82, 2.24) is 15.0 Å². The number of ether oxygens (including phenoxy) is 10. The Kier molecular flexibility index (Phi) is 23.2. The summed E-state index contributed by atoms with van der Waals surface area (Å²) in [4.78, 5) is 23.8. The van der Waals surface area contributed by atoms with Crippen molar-refractivity contribution in [1.29, 1.82) is 0 Å². The molecule has 1 aromatic carbocycles. The van der Waals surface area contributed by atoms with E-state index in [4.69, 9.17) is 42.6 Å². The standard InChI is InChI=1S/C37H54F5N3O14/c1-23(2)36(49)59-34-24(3)37(57-26(22-46)33(34)48)56-8-4-5-25-21-45(44-43-25)7-10-51-12-14-53-16-18-55-20-19-54-17-15-52-13-11-50-9-6-27(47)58-35-31(41)29(39)28(38)30(40)32(35)42/h21,23-24,26,33-34,37,46,48H,4-20,22H2,1-3H3/t24-,26-,33+,34-,37-/m1/s1. The lowest BCUT2D eigenvalue weighted by atomic mass is 9.92. The second-order valence-electron chi connectivity index (χ2n) is 13.4. The molecule has 0 radical (unpaired) electrons. The van der Waals surface area contributed by atoms with Gasteiger partial charge in [-0.15, -0.1) is 5.10 Å². The molecule has 0 saturated carbocycles. The number of aliphatic hydroxyl groups is 2. The molecule has 2 aromatic rings. The van der Waals surface area contributed by atoms with Gasteiger partial charge in [-0.1, -0.05) is 26.0 Å². The van der Waals surface area contributed by atoms with Crippen LogP contribution >= 0.6 is 0 Å². The molecule has 1 aliphatic rings. The number of aliphatic hydroxyl groups excluding tert-OH is 2. The minimum Gasteiger partial charge on any atom is -0.459 e. The summed E-state index contributed by atoms with van der Waals surface area (Å²) in [6, 6.07) is 0. The van der Waals surface area contributed by atoms with Crippen molar-refractivity contribution in [3.05, 3.63) is 41.0 Å². The van der Waals surface area contributed by atoms with Crippen molar-refractivity contribution in [2.75, 3.05) is 92.5 Å². The third-order valence-corrected chi connectivity index (χ3v) is 8.48. The van der Waals surface area contributed by atoms with Crippen LogP contribution in [0.15, 0.2) is 6.20 Å². The molecule has 3 rings (SSSR count). The minimum atomic E-state index is -2.36. The largest absolute Gasteiger partial charge is 0.459 e. The number of nitrogens with zero attached hydrogens (tertiary/aromatic N) is 3. The van der Waals surface area contributed by atoms with Crippen LogP contribution in [0.1, 0.15) is 39.3 Å². The third-order valence-electron chi connectivity index (χ3n) is 8.48. The van der Waals surface area contributed by atoms with Gasteiger partial charge < -0.3 is 57.6 Å². The molecule has 336 valence electrons. The van der Waals surface area contributed by atoms with Crippen molar-refractivity contribution in [2.45, 2.75) is 71.2 Å². The van der Waals surface area contributed by atoms with E-state index in [2.05, 4.69) is 15.0 Å². The molecule has 22 heteroatoms. The predicted molar refractivity (Wildman–Crippen MR) is 191 cm³/mol. The minimum absolute atomic E-state index is 0.0635. The molecule has 0 bridgehead atoms. The molecule has 0 unspecified atom stereocenters. The van der Waals surface area contributed by atoms with Crippen molar-refractivity contribution in [2.24, 2.45) is 11.8 Å². The van der Waals surface area contributed by atoms with E-state index in [9.17, 15) is 41.8 Å². The number of hydrogen-bond acceptors (Lipinski definition) is 16. The van der Waals surface area contributed by atoms with Crippen molar-refractivity contribution in [3.63, 3.8) is 0 Å². The van der Waals surface area contributed by atoms with E-state index in [0.29, 0.717) is 72.2 Å². The molecule has 59 heavy (non-hydrogen) atoms. The molecule has 1 aliphatic heterocycles. The first-order valence-corrected chi connectivity index (χ1v) is 19.2. The molecular formula is C37H54F5N3O14. The van der Waals surface area contributed by atoms with Crippen LogP contribution in [0, 0.1) is 40.9 Å². The fourth-order valence-corrected chi connectivity index (χ4v) is 5.21. The monoisotopic (exact) mass is 859 g/mol. The number of carbonyl (C=O) groups excluding carboxylic acids is 2. The number of benzene rings is 1. The van der Waals surface area contributed by atoms with E-state index < -0.39 is 90.3 Å². The number of esters is 2. The molecule has 0 aliphatic carbocycles. The summed E-state index contributed by atoms with van der Waals surface area (Å²) < 4.78 is 122. The normalized spacial score (nSPS) is 19.4. The maximum Gasteiger partial charge on any atom is 0.313 e. The Hall–Kier alpha value is -3.45. The van der Waals surface area contributed by atoms with E-state index in [1.165, 1.54) is 0 Å². The van der Waals surface area contributed by atoms with Gasteiger partial charge in [-0.25, -0.2) is 17.9 Å². The van der Waals surface area contributed by atoms with Gasteiger partial charge in [-0.3, -0.25) is 9.59 Å². The van der Waals surface area contributed by atoms with Crippen LogP contribution in [0.4, 0.5) is 22.0 Å². The lowest BCUT2D eigenvalue weighted by Gasteiger charge is -2.42. The zero-order valence-corrected chi connectivity index (χ0v) is 33.3. The van der Waals surface area contributed by atoms with E-state index in [1.807, 2.05) is 6.20 Å². The van der Waals surface area contributed by atoms with Crippen LogP contribution in [0.2, 0.25) is 0 Å². The molecule has 2 heterocycles. The second-order valence-corrected chi connectivity index (χ2v) is 13.4. The zero-order valence-electron chi connectivity index (χ0n) is 33.3. The summed E-state index contributed by atoms with van der Waals surface area (Å²) >= 11 is 0. The first-order valence-electron chi connectivity index (χ1n) is 19.2. The summed E-state index contributed by atoms with van der Waals surface area (Å²) in [6.45, 7) is 8.64. The van der Waals surface area contributed by atoms with E-state index in [-0.39, 0.29) is 39.0 Å². The van der Waals surface area contributed by atoms with E-state index in [0.717, 1.165) is 5.69 Å². The highest BCUT2D eigenvalue weighted by Crippen LogP contribution is 2.31. The zero-order chi connectivity index (χ0) is 43.2. The van der Waals surface area contributed by atoms with Crippen molar-refractivity contribution < 1.29 is 89.1 Å². The van der Waals surface area contributed by atoms with Crippen LogP contribution in [0.25, 0.3) is 0 Å². The van der Waals surface area contributed by atoms with Gasteiger partial charge in [0.25, 0.3) is 0 Å². The number of hydrogen-bond donors (Lipinski definition) is 2. The SMILES string of the molecule is CC(C)C(=O)O[C@@H]1[C@@H](C)[C@H](OCCCc2cn(CCOCCOCCOCCOCCOCCOCCC(=O)Oc3c(F)c(F)c(F)c(F)c3F)nn2)O[C@H](CO)[C@@H]1O. The fraction of sp³-hybridized carbons (Fsp3) is 0.730. The number of carbonyl (C=O) groups is 2. The third kappa shape index (κ3) is 17.2. The highest BCUT2D eigenvalue weighted by atomic mass is 19.2. The summed E-state index contributed by atoms with van der Waals surface area (Å²) in [5.74, 6) is -15.5. The van der Waals surface area contributed by atoms with Crippen LogP contribution < -0.4 is 4.74 Å². The van der Waals surface area contributed by atoms with Gasteiger partial charge in [0.05, 0.1) is 117 Å². The molecule has 1 aromatic heterocycles. The molecule has 17 nitrogen and oxygen atoms in total. The van der Waals surface area contributed by atoms with Crippen LogP contribution in [0.3, 0.4) is 0 Å². The summed E-state index contributed by atoms with van der Waals surface area (Å²) in [7, 11) is 0. The first kappa shape index (κ1) is 49.9. The van der Waals surface area contributed by atoms with Crippen molar-refractivity contribution in [3.8, 4) is 5.75 Å². The Morgan fingerprint density at radius 1 is 0.780 bits per heavy atom. The maximum atomic E-state index is 13.6. The number of rotatable bonds is 30. The molecule has 0 spiro atoms. The molecule has 1 fully saturated rings. The van der Waals surface area contributed by atoms with Gasteiger partial charge in [0.1, 0.15) is 18.3 Å². The van der Waals surface area contributed by atoms with Gasteiger partial charge >= 0.3 is 11.9 Å². The summed E-state index contributed by atoms with van der Waals surface area (Å²) in [5, 5.41) is 28.4. The Morgan fingerprint density at radius 2 is 1.29 bits per heavy atom. The highest BCUT2D eigenvalue weighted by molar-refractivity contribution is 5.72. The number of halogens is 5. The average molecular weight is 860 g/mol. The van der Waals surface area contributed by atoms with Gasteiger partial charge in [0, 0.05) is 12.1 Å². The smallest absolute Gasteiger partial charge is 0.313 e. The Morgan fingerprint density at radius 3 is 1.81 bits per heavy atom. The molecule has 1 saturated heterocycles. The Balaban J connectivity index is 1.08. The lowest BCUT2D eigenvalue weighted by molar-refractivity contribution is -0.285. The van der Waals surface area contributed by atoms with E-state index >= 15 is 0 Å². The summed E-state index contributed by atoms with van der Waals surface area (Å²) in [5.41, 5.74) is 0.774. The highest BCUT2D eigenvalue weighted by Gasteiger charge is 2.45. The molecule has 0 amide bonds. The molecule has 5 atom stereocenters. The number of aromatic nitrogens is 3. The van der Waals surface area contributed by atoms with Crippen molar-refractivity contribution >= 4 is 11.9 Å². The van der Waals surface area contributed by atoms with Gasteiger partial charge in [-0.05, 0) is 12.8 Å². The van der Waals surface area contributed by atoms with Crippen LogP contribution in [-0.4, -0.2) is 154 Å². The maximum absolute atomic E-state index is 13.6. The van der Waals surface area contributed by atoms with Gasteiger partial charge in [0.15, 0.2) is 6.29 Å². The fourth-order valence-electron chi connectivity index (χ4n) is 5.21. The average Bonchev–Trinajstić information content (AvgIpc) is 3.68. The predicted octanol–water partition coefficient (Wildman–Crippen LogP) is 2.30. The second kappa shape index (κ2) is 27.4. The first-order chi connectivity index (χ1) is 28.3. The Labute approximate surface area is 338 Å². The van der Waals surface area contributed by atoms with E-state index in [1.54, 1.807) is 25.5 Å². The Bertz CT molecular complexity index is 1510. The van der Waals surface area contributed by atoms with Gasteiger partial charge in [0.2, 0.25) is 34.8 Å². The van der Waals surface area contributed by atoms with Gasteiger partial charge in [-0.2, -0.15) is 8.78 Å². The summed E-state index contributed by atoms with van der Waals surface area (Å²) in [6.07, 6.45) is -1.21. The number of aryl methyl sites for hydroxylation is 1. The topological polar surface area (TPSA) is 198 Å². The van der Waals surface area contributed by atoms with Crippen LogP contribution in [0.5, 0.6) is 5.75 Å². The quantitative estimate of drug-likeness (QED) is 0.0290. The van der Waals surface area contributed by atoms with Crippen LogP contribution in [-0.2, 0) is 65.2 Å². The lowest BCUT2D eigenvalue weighted by Crippen LogP contribution is -2.57.